The first-order valence-electron chi connectivity index (χ1n) is 7.98. The molecule has 1 aromatic carbocycles. The molecule has 6 nitrogen and oxygen atoms in total. The van der Waals surface area contributed by atoms with Crippen LogP contribution in [0, 0.1) is 13.8 Å². The normalized spacial score (nSPS) is 12.5. The Hall–Kier alpha value is -2.08. The zero-order valence-electron chi connectivity index (χ0n) is 15.3. The van der Waals surface area contributed by atoms with Crippen LogP contribution in [0.5, 0.6) is 0 Å². The maximum absolute atomic E-state index is 12.6. The number of carbonyl (C=O) groups is 2. The quantitative estimate of drug-likeness (QED) is 0.864. The fourth-order valence-electron chi connectivity index (χ4n) is 2.32. The number of nitrogens with one attached hydrogen (secondary N) is 1. The summed E-state index contributed by atoms with van der Waals surface area (Å²) in [4.78, 5) is 25.6. The molecule has 1 aromatic rings. The summed E-state index contributed by atoms with van der Waals surface area (Å²) < 4.78 is 5.10. The number of rotatable bonds is 5. The molecule has 134 valence electrons. The molecular formula is C18H28N2O4. The standard InChI is InChI=1S/C18H28N2O4/c1-12-8-7-9-13(2)15(12)16(22)20(6)11-14(21)10-19-17(23)24-18(3,4)5/h7-9,14,21H,10-11H2,1-6H3,(H,19,23). The minimum Gasteiger partial charge on any atom is -0.444 e. The second-order valence-electron chi connectivity index (χ2n) is 6.99. The van der Waals surface area contributed by atoms with Crippen molar-refractivity contribution in [3.8, 4) is 0 Å². The van der Waals surface area contributed by atoms with Gasteiger partial charge in [0.1, 0.15) is 5.60 Å². The van der Waals surface area contributed by atoms with Gasteiger partial charge in [-0.25, -0.2) is 4.79 Å². The van der Waals surface area contributed by atoms with E-state index >= 15 is 0 Å². The van der Waals surface area contributed by atoms with Gasteiger partial charge in [-0.05, 0) is 45.7 Å². The SMILES string of the molecule is Cc1cccc(C)c1C(=O)N(C)CC(O)CNC(=O)OC(C)(C)C. The van der Waals surface area contributed by atoms with Crippen molar-refractivity contribution in [2.75, 3.05) is 20.1 Å². The third kappa shape index (κ3) is 6.20. The lowest BCUT2D eigenvalue weighted by molar-refractivity contribution is 0.0468. The number of ether oxygens (including phenoxy) is 1. The zero-order chi connectivity index (χ0) is 18.5. The molecule has 0 aromatic heterocycles. The van der Waals surface area contributed by atoms with Gasteiger partial charge in [0.05, 0.1) is 6.10 Å². The Morgan fingerprint density at radius 2 is 1.79 bits per heavy atom. The number of hydrogen-bond acceptors (Lipinski definition) is 4. The van der Waals surface area contributed by atoms with Crippen LogP contribution in [0.2, 0.25) is 0 Å². The minimum atomic E-state index is -0.879. The molecule has 6 heteroatoms. The number of alkyl carbamates (subject to hydrolysis) is 1. The molecule has 0 aliphatic heterocycles. The lowest BCUT2D eigenvalue weighted by Crippen LogP contribution is -2.42. The van der Waals surface area contributed by atoms with E-state index in [1.807, 2.05) is 32.0 Å². The van der Waals surface area contributed by atoms with E-state index in [4.69, 9.17) is 4.74 Å². The molecular weight excluding hydrogens is 308 g/mol. The van der Waals surface area contributed by atoms with Gasteiger partial charge in [0.15, 0.2) is 0 Å². The molecule has 0 aliphatic rings. The van der Waals surface area contributed by atoms with Gasteiger partial charge in [0.2, 0.25) is 0 Å². The van der Waals surface area contributed by atoms with Crippen molar-refractivity contribution >= 4 is 12.0 Å². The van der Waals surface area contributed by atoms with E-state index in [9.17, 15) is 14.7 Å². The smallest absolute Gasteiger partial charge is 0.407 e. The monoisotopic (exact) mass is 336 g/mol. The highest BCUT2D eigenvalue weighted by Crippen LogP contribution is 2.15. The Bertz CT molecular complexity index is 573. The Kier molecular flexibility index (Phi) is 6.78. The molecule has 24 heavy (non-hydrogen) atoms. The maximum Gasteiger partial charge on any atom is 0.407 e. The summed E-state index contributed by atoms with van der Waals surface area (Å²) in [6.45, 7) is 9.19. The number of aliphatic hydroxyl groups excluding tert-OH is 1. The Labute approximate surface area is 143 Å². The summed E-state index contributed by atoms with van der Waals surface area (Å²) in [5, 5.41) is 12.5. The molecule has 0 fully saturated rings. The van der Waals surface area contributed by atoms with Crippen LogP contribution in [0.15, 0.2) is 18.2 Å². The number of benzene rings is 1. The summed E-state index contributed by atoms with van der Waals surface area (Å²) in [6.07, 6.45) is -1.47. The van der Waals surface area contributed by atoms with Gasteiger partial charge in [-0.2, -0.15) is 0 Å². The van der Waals surface area contributed by atoms with E-state index in [0.717, 1.165) is 11.1 Å². The number of amides is 2. The maximum atomic E-state index is 12.6. The van der Waals surface area contributed by atoms with E-state index in [1.54, 1.807) is 27.8 Å². The highest BCUT2D eigenvalue weighted by Gasteiger charge is 2.20. The first-order chi connectivity index (χ1) is 11.0. The van der Waals surface area contributed by atoms with Crippen LogP contribution in [0.25, 0.3) is 0 Å². The van der Waals surface area contributed by atoms with Crippen molar-refractivity contribution < 1.29 is 19.4 Å². The second kappa shape index (κ2) is 8.15. The lowest BCUT2D eigenvalue weighted by Gasteiger charge is -2.24. The zero-order valence-corrected chi connectivity index (χ0v) is 15.3. The summed E-state index contributed by atoms with van der Waals surface area (Å²) in [7, 11) is 1.63. The van der Waals surface area contributed by atoms with Crippen LogP contribution in [-0.4, -0.2) is 53.8 Å². The first kappa shape index (κ1) is 20.0. The van der Waals surface area contributed by atoms with Crippen LogP contribution < -0.4 is 5.32 Å². The second-order valence-corrected chi connectivity index (χ2v) is 6.99. The van der Waals surface area contributed by atoms with Gasteiger partial charge in [0, 0.05) is 25.7 Å². The van der Waals surface area contributed by atoms with Crippen molar-refractivity contribution in [3.05, 3.63) is 34.9 Å². The number of carbonyl (C=O) groups excluding carboxylic acids is 2. The topological polar surface area (TPSA) is 78.9 Å². The largest absolute Gasteiger partial charge is 0.444 e. The fourth-order valence-corrected chi connectivity index (χ4v) is 2.32. The highest BCUT2D eigenvalue weighted by atomic mass is 16.6. The molecule has 2 amide bonds. The molecule has 0 saturated heterocycles. The van der Waals surface area contributed by atoms with Crippen LogP contribution >= 0.6 is 0 Å². The van der Waals surface area contributed by atoms with Gasteiger partial charge >= 0.3 is 6.09 Å². The van der Waals surface area contributed by atoms with Crippen molar-refractivity contribution in [2.24, 2.45) is 0 Å². The van der Waals surface area contributed by atoms with Gasteiger partial charge in [-0.3, -0.25) is 4.79 Å². The Morgan fingerprint density at radius 1 is 1.25 bits per heavy atom. The van der Waals surface area contributed by atoms with Crippen molar-refractivity contribution in [2.45, 2.75) is 46.3 Å². The van der Waals surface area contributed by atoms with Crippen molar-refractivity contribution in [1.82, 2.24) is 10.2 Å². The molecule has 1 unspecified atom stereocenters. The van der Waals surface area contributed by atoms with Gasteiger partial charge < -0.3 is 20.1 Å². The number of likely N-dealkylation sites (N-methyl/N-ethyl adjacent to an activating group) is 1. The van der Waals surface area contributed by atoms with Gasteiger partial charge in [-0.1, -0.05) is 18.2 Å². The van der Waals surface area contributed by atoms with Gasteiger partial charge in [0.25, 0.3) is 5.91 Å². The van der Waals surface area contributed by atoms with E-state index in [0.29, 0.717) is 5.56 Å². The molecule has 0 radical (unpaired) electrons. The van der Waals surface area contributed by atoms with Gasteiger partial charge in [-0.15, -0.1) is 0 Å². The molecule has 0 saturated carbocycles. The molecule has 0 bridgehead atoms. The summed E-state index contributed by atoms with van der Waals surface area (Å²) in [6, 6.07) is 5.67. The summed E-state index contributed by atoms with van der Waals surface area (Å²) in [5.41, 5.74) is 1.85. The number of hydrogen-bond donors (Lipinski definition) is 2. The Morgan fingerprint density at radius 3 is 2.29 bits per heavy atom. The highest BCUT2D eigenvalue weighted by molar-refractivity contribution is 5.96. The Balaban J connectivity index is 2.56. The van der Waals surface area contributed by atoms with Crippen LogP contribution in [0.3, 0.4) is 0 Å². The molecule has 2 N–H and O–H groups in total. The van der Waals surface area contributed by atoms with Crippen LogP contribution in [-0.2, 0) is 4.74 Å². The molecule has 0 aliphatic carbocycles. The average Bonchev–Trinajstić information content (AvgIpc) is 2.43. The fraction of sp³-hybridized carbons (Fsp3) is 0.556. The average molecular weight is 336 g/mol. The first-order valence-corrected chi connectivity index (χ1v) is 7.98. The predicted octanol–water partition coefficient (Wildman–Crippen LogP) is 2.26. The third-order valence-electron chi connectivity index (χ3n) is 3.41. The molecule has 0 heterocycles. The predicted molar refractivity (Wildman–Crippen MR) is 93.1 cm³/mol. The minimum absolute atomic E-state index is 0.0132. The molecule has 1 rings (SSSR count). The van der Waals surface area contributed by atoms with Crippen LogP contribution in [0.1, 0.15) is 42.3 Å². The molecule has 0 spiro atoms. The van der Waals surface area contributed by atoms with E-state index in [1.165, 1.54) is 4.90 Å². The number of aryl methyl sites for hydroxylation is 2. The molecule has 1 atom stereocenters. The van der Waals surface area contributed by atoms with E-state index < -0.39 is 17.8 Å². The van der Waals surface area contributed by atoms with Crippen LogP contribution in [0.4, 0.5) is 4.79 Å². The van der Waals surface area contributed by atoms with Crippen molar-refractivity contribution in [3.63, 3.8) is 0 Å². The summed E-state index contributed by atoms with van der Waals surface area (Å²) in [5.74, 6) is -0.151. The number of aliphatic hydroxyl groups is 1. The third-order valence-corrected chi connectivity index (χ3v) is 3.41. The van der Waals surface area contributed by atoms with E-state index in [2.05, 4.69) is 5.32 Å². The summed E-state index contributed by atoms with van der Waals surface area (Å²) >= 11 is 0. The van der Waals surface area contributed by atoms with Crippen molar-refractivity contribution in [1.29, 1.82) is 0 Å². The van der Waals surface area contributed by atoms with E-state index in [-0.39, 0.29) is 19.0 Å². The number of nitrogens with zero attached hydrogens (tertiary/aromatic N) is 1. The lowest BCUT2D eigenvalue weighted by atomic mass is 10.0.